The molecule has 0 spiro atoms. The topological polar surface area (TPSA) is 81.2 Å². The first-order chi connectivity index (χ1) is 14.0. The van der Waals surface area contributed by atoms with E-state index < -0.39 is 5.91 Å². The molecule has 1 aliphatic heterocycles. The Morgan fingerprint density at radius 2 is 1.90 bits per heavy atom. The number of nitrogens with zero attached hydrogens (tertiary/aromatic N) is 3. The molecule has 2 amide bonds. The zero-order chi connectivity index (χ0) is 20.5. The fraction of sp³-hybridized carbons (Fsp3) is 0.227. The number of amides is 2. The summed E-state index contributed by atoms with van der Waals surface area (Å²) >= 11 is 6.58. The summed E-state index contributed by atoms with van der Waals surface area (Å²) in [5.74, 6) is -0.699. The highest BCUT2D eigenvalue weighted by molar-refractivity contribution is 6.34. The van der Waals surface area contributed by atoms with E-state index in [2.05, 4.69) is 5.10 Å². The number of aromatic nitrogens is 2. The third-order valence-electron chi connectivity index (χ3n) is 5.22. The highest BCUT2D eigenvalue weighted by Crippen LogP contribution is 2.33. The van der Waals surface area contributed by atoms with E-state index in [0.717, 1.165) is 17.5 Å². The maximum atomic E-state index is 13.4. The number of fused-ring (bicyclic) bond motifs is 1. The Morgan fingerprint density at radius 3 is 2.62 bits per heavy atom. The average molecular weight is 409 g/mol. The van der Waals surface area contributed by atoms with Crippen molar-refractivity contribution < 1.29 is 9.59 Å². The summed E-state index contributed by atoms with van der Waals surface area (Å²) in [7, 11) is 0. The predicted octanol–water partition coefficient (Wildman–Crippen LogP) is 3.59. The summed E-state index contributed by atoms with van der Waals surface area (Å²) < 4.78 is 1.64. The second-order valence-corrected chi connectivity index (χ2v) is 7.48. The van der Waals surface area contributed by atoms with Crippen molar-refractivity contribution in [1.82, 2.24) is 9.78 Å². The molecular formula is C22H21ClN4O2. The third kappa shape index (κ3) is 3.51. The van der Waals surface area contributed by atoms with Gasteiger partial charge in [-0.15, -0.1) is 0 Å². The lowest BCUT2D eigenvalue weighted by Crippen LogP contribution is -2.36. The van der Waals surface area contributed by atoms with Crippen molar-refractivity contribution in [2.45, 2.75) is 26.3 Å². The van der Waals surface area contributed by atoms with Crippen molar-refractivity contribution in [3.05, 3.63) is 81.6 Å². The lowest BCUT2D eigenvalue weighted by molar-refractivity contribution is 0.0977. The molecule has 0 unspecified atom stereocenters. The van der Waals surface area contributed by atoms with Gasteiger partial charge in [0.1, 0.15) is 5.15 Å². The second kappa shape index (κ2) is 7.72. The first kappa shape index (κ1) is 19.2. The van der Waals surface area contributed by atoms with Crippen LogP contribution in [0.3, 0.4) is 0 Å². The van der Waals surface area contributed by atoms with E-state index in [1.165, 1.54) is 0 Å². The summed E-state index contributed by atoms with van der Waals surface area (Å²) in [6.07, 6.45) is 1.45. The Morgan fingerprint density at radius 1 is 1.14 bits per heavy atom. The molecule has 2 N–H and O–H groups in total. The molecule has 0 aliphatic carbocycles. The van der Waals surface area contributed by atoms with Crippen LogP contribution in [-0.4, -0.2) is 28.1 Å². The van der Waals surface area contributed by atoms with Gasteiger partial charge in [0, 0.05) is 17.8 Å². The molecule has 148 valence electrons. The van der Waals surface area contributed by atoms with Gasteiger partial charge in [-0.25, -0.2) is 4.68 Å². The smallest absolute Gasteiger partial charge is 0.263 e. The first-order valence-electron chi connectivity index (χ1n) is 9.47. The molecule has 0 fully saturated rings. The standard InChI is InChI=1S/C22H21ClN4O2/c1-14-19(20(23)27(25-14)13-15-7-3-2-4-8-15)22(29)26-12-6-10-16-17(21(24)28)9-5-11-18(16)26/h2-5,7-9,11H,6,10,12-13H2,1H3,(H2,24,28). The normalized spacial score (nSPS) is 13.2. The number of halogens is 1. The number of hydrogen-bond donors (Lipinski definition) is 1. The zero-order valence-electron chi connectivity index (χ0n) is 16.1. The van der Waals surface area contributed by atoms with E-state index in [9.17, 15) is 9.59 Å². The number of rotatable bonds is 4. The van der Waals surface area contributed by atoms with Gasteiger partial charge in [0.25, 0.3) is 5.91 Å². The van der Waals surface area contributed by atoms with Gasteiger partial charge in [-0.05, 0) is 43.0 Å². The molecule has 0 bridgehead atoms. The predicted molar refractivity (Wildman–Crippen MR) is 112 cm³/mol. The van der Waals surface area contributed by atoms with Crippen LogP contribution in [0.2, 0.25) is 5.15 Å². The van der Waals surface area contributed by atoms with Crippen LogP contribution >= 0.6 is 11.6 Å². The highest BCUT2D eigenvalue weighted by Gasteiger charge is 2.30. The Hall–Kier alpha value is -3.12. The number of primary amides is 1. The molecule has 0 radical (unpaired) electrons. The maximum Gasteiger partial charge on any atom is 0.263 e. The third-order valence-corrected chi connectivity index (χ3v) is 5.60. The van der Waals surface area contributed by atoms with Crippen LogP contribution in [-0.2, 0) is 13.0 Å². The number of aryl methyl sites for hydroxylation is 1. The molecule has 0 atom stereocenters. The monoisotopic (exact) mass is 408 g/mol. The van der Waals surface area contributed by atoms with Gasteiger partial charge in [-0.2, -0.15) is 5.10 Å². The average Bonchev–Trinajstić information content (AvgIpc) is 3.00. The van der Waals surface area contributed by atoms with E-state index in [1.54, 1.807) is 28.6 Å². The van der Waals surface area contributed by atoms with Crippen molar-refractivity contribution in [1.29, 1.82) is 0 Å². The van der Waals surface area contributed by atoms with Gasteiger partial charge in [0.05, 0.1) is 17.8 Å². The Kier molecular flexibility index (Phi) is 5.11. The van der Waals surface area contributed by atoms with Gasteiger partial charge < -0.3 is 10.6 Å². The van der Waals surface area contributed by atoms with Crippen molar-refractivity contribution >= 4 is 29.1 Å². The van der Waals surface area contributed by atoms with Crippen molar-refractivity contribution in [2.24, 2.45) is 5.73 Å². The Balaban J connectivity index is 1.70. The summed E-state index contributed by atoms with van der Waals surface area (Å²) in [4.78, 5) is 26.9. The SMILES string of the molecule is Cc1nn(Cc2ccccc2)c(Cl)c1C(=O)N1CCCc2c(C(N)=O)cccc21. The minimum atomic E-state index is -0.485. The van der Waals surface area contributed by atoms with Gasteiger partial charge in [0.15, 0.2) is 0 Å². The molecule has 2 heterocycles. The number of anilines is 1. The van der Waals surface area contributed by atoms with Gasteiger partial charge in [0.2, 0.25) is 5.91 Å². The molecule has 1 aliphatic rings. The number of carbonyl (C=O) groups is 2. The molecule has 3 aromatic rings. The molecule has 7 heteroatoms. The van der Waals surface area contributed by atoms with E-state index >= 15 is 0 Å². The molecule has 1 aromatic heterocycles. The molecule has 6 nitrogen and oxygen atoms in total. The van der Waals surface area contributed by atoms with Gasteiger partial charge in [-0.1, -0.05) is 48.0 Å². The van der Waals surface area contributed by atoms with Crippen molar-refractivity contribution in [2.75, 3.05) is 11.4 Å². The molecule has 2 aromatic carbocycles. The first-order valence-corrected chi connectivity index (χ1v) is 9.85. The maximum absolute atomic E-state index is 13.4. The number of hydrogen-bond acceptors (Lipinski definition) is 3. The lowest BCUT2D eigenvalue weighted by atomic mass is 9.95. The van der Waals surface area contributed by atoms with Gasteiger partial charge >= 0.3 is 0 Å². The number of carbonyl (C=O) groups excluding carboxylic acids is 2. The van der Waals surface area contributed by atoms with E-state index in [-0.39, 0.29) is 5.91 Å². The van der Waals surface area contributed by atoms with E-state index in [0.29, 0.717) is 47.2 Å². The van der Waals surface area contributed by atoms with Gasteiger partial charge in [-0.3, -0.25) is 9.59 Å². The van der Waals surface area contributed by atoms with E-state index in [1.807, 2.05) is 36.4 Å². The second-order valence-electron chi connectivity index (χ2n) is 7.12. The fourth-order valence-corrected chi connectivity index (χ4v) is 4.17. The molecule has 0 saturated heterocycles. The summed E-state index contributed by atoms with van der Waals surface area (Å²) in [5.41, 5.74) is 9.51. The minimum absolute atomic E-state index is 0.214. The molecule has 29 heavy (non-hydrogen) atoms. The summed E-state index contributed by atoms with van der Waals surface area (Å²) in [6.45, 7) is 2.81. The minimum Gasteiger partial charge on any atom is -0.366 e. The summed E-state index contributed by atoms with van der Waals surface area (Å²) in [6, 6.07) is 15.1. The van der Waals surface area contributed by atoms with Crippen LogP contribution in [0.4, 0.5) is 5.69 Å². The number of benzene rings is 2. The zero-order valence-corrected chi connectivity index (χ0v) is 16.8. The Bertz CT molecular complexity index is 1090. The van der Waals surface area contributed by atoms with E-state index in [4.69, 9.17) is 17.3 Å². The van der Waals surface area contributed by atoms with Crippen LogP contribution in [0, 0.1) is 6.92 Å². The fourth-order valence-electron chi connectivity index (χ4n) is 3.86. The quantitative estimate of drug-likeness (QED) is 0.716. The lowest BCUT2D eigenvalue weighted by Gasteiger charge is -2.30. The number of nitrogens with two attached hydrogens (primary N) is 1. The highest BCUT2D eigenvalue weighted by atomic mass is 35.5. The Labute approximate surface area is 173 Å². The van der Waals surface area contributed by atoms with Crippen LogP contribution in [0.5, 0.6) is 0 Å². The van der Waals surface area contributed by atoms with Crippen LogP contribution < -0.4 is 10.6 Å². The van der Waals surface area contributed by atoms with Crippen LogP contribution in [0.1, 0.15) is 44.0 Å². The molecule has 0 saturated carbocycles. The summed E-state index contributed by atoms with van der Waals surface area (Å²) in [5, 5.41) is 4.80. The molecular weight excluding hydrogens is 388 g/mol. The van der Waals surface area contributed by atoms with Crippen molar-refractivity contribution in [3.63, 3.8) is 0 Å². The van der Waals surface area contributed by atoms with Crippen LogP contribution in [0.25, 0.3) is 0 Å². The van der Waals surface area contributed by atoms with Crippen molar-refractivity contribution in [3.8, 4) is 0 Å². The largest absolute Gasteiger partial charge is 0.366 e. The molecule has 4 rings (SSSR count). The van der Waals surface area contributed by atoms with Crippen LogP contribution in [0.15, 0.2) is 48.5 Å².